The van der Waals surface area contributed by atoms with Gasteiger partial charge in [-0.25, -0.2) is 9.97 Å². The summed E-state index contributed by atoms with van der Waals surface area (Å²) in [4.78, 5) is 11.8. The summed E-state index contributed by atoms with van der Waals surface area (Å²) in [6, 6.07) is 12.2. The fourth-order valence-electron chi connectivity index (χ4n) is 5.81. The van der Waals surface area contributed by atoms with Crippen molar-refractivity contribution in [2.75, 3.05) is 24.1 Å². The van der Waals surface area contributed by atoms with Crippen LogP contribution >= 0.6 is 11.3 Å². The first-order valence-corrected chi connectivity index (χ1v) is 14.7. The molecule has 3 N–H and O–H groups in total. The normalized spacial score (nSPS) is 15.0. The lowest BCUT2D eigenvalue weighted by molar-refractivity contribution is -0.126. The number of nitriles is 1. The molecule has 0 bridgehead atoms. The molecule has 1 saturated heterocycles. The molecule has 1 fully saturated rings. The van der Waals surface area contributed by atoms with Crippen LogP contribution in [0.2, 0.25) is 0 Å². The van der Waals surface area contributed by atoms with Gasteiger partial charge in [-0.1, -0.05) is 6.07 Å². The van der Waals surface area contributed by atoms with Crippen LogP contribution in [0.15, 0.2) is 49.1 Å². The van der Waals surface area contributed by atoms with E-state index >= 15 is 0 Å². The molecule has 4 aromatic heterocycles. The first kappa shape index (κ1) is 28.1. The number of nitrogens with one attached hydrogen (secondary N) is 1. The molecule has 0 radical (unpaired) electrons. The predicted molar refractivity (Wildman–Crippen MR) is 159 cm³/mol. The summed E-state index contributed by atoms with van der Waals surface area (Å²) >= 11 is 1.07. The van der Waals surface area contributed by atoms with Crippen molar-refractivity contribution in [2.24, 2.45) is 0 Å². The zero-order chi connectivity index (χ0) is 29.4. The van der Waals surface area contributed by atoms with Crippen LogP contribution in [0.1, 0.15) is 34.5 Å². The van der Waals surface area contributed by atoms with Gasteiger partial charge in [0.05, 0.1) is 11.8 Å². The smallest absolute Gasteiger partial charge is 0.393 e. The highest BCUT2D eigenvalue weighted by Gasteiger charge is 2.29. The fourth-order valence-corrected chi connectivity index (χ4v) is 6.84. The Kier molecular flexibility index (Phi) is 7.55. The molecular weight excluding hydrogens is 561 g/mol. The number of alkyl halides is 3. The summed E-state index contributed by atoms with van der Waals surface area (Å²) in [6.45, 7) is 6.10. The highest BCUT2D eigenvalue weighted by molar-refractivity contribution is 7.18. The van der Waals surface area contributed by atoms with Gasteiger partial charge in [0.25, 0.3) is 0 Å². The van der Waals surface area contributed by atoms with Crippen molar-refractivity contribution in [3.63, 3.8) is 0 Å². The summed E-state index contributed by atoms with van der Waals surface area (Å²) in [5.41, 5.74) is 10.7. The van der Waals surface area contributed by atoms with Crippen LogP contribution in [0, 0.1) is 18.3 Å². The van der Waals surface area contributed by atoms with Crippen LogP contribution in [-0.2, 0) is 26.1 Å². The number of nitrogens with zero attached hydrogens (tertiary/aromatic N) is 6. The molecular formula is C30H31F3N8S. The molecule has 8 nitrogen and oxygen atoms in total. The van der Waals surface area contributed by atoms with Gasteiger partial charge in [-0.3, -0.25) is 4.90 Å². The Balaban J connectivity index is 1.10. The minimum absolute atomic E-state index is 0.178. The quantitative estimate of drug-likeness (QED) is 0.226. The summed E-state index contributed by atoms with van der Waals surface area (Å²) in [5, 5.41) is 15.0. The third-order valence-corrected chi connectivity index (χ3v) is 9.06. The van der Waals surface area contributed by atoms with Crippen LogP contribution in [0.5, 0.6) is 0 Å². The Hall–Kier alpha value is -4.08. The van der Waals surface area contributed by atoms with E-state index in [1.807, 2.05) is 29.1 Å². The van der Waals surface area contributed by atoms with E-state index in [4.69, 9.17) is 5.73 Å². The van der Waals surface area contributed by atoms with E-state index < -0.39 is 12.6 Å². The lowest BCUT2D eigenvalue weighted by Gasteiger charge is -2.33. The monoisotopic (exact) mass is 592 g/mol. The number of nitrogen functional groups attached to an aromatic ring is 1. The standard InChI is InChI=1S/C30H31F3N8S/c1-19-20(2-3-27-25(19)12-23(15-34)41(27)11-10-40-7-4-21(35)17-40)16-39-8-5-22(6-9-39)38-28-26-13-24(14-30(31,32)33)42-29(26)37-18-36-28/h2-4,7,12-13,17-18,22H,5-6,8-11,14,16,35H2,1H3,(H,36,37,38). The molecule has 0 atom stereocenters. The Labute approximate surface area is 245 Å². The zero-order valence-electron chi connectivity index (χ0n) is 23.2. The molecule has 0 amide bonds. The van der Waals surface area contributed by atoms with Crippen molar-refractivity contribution >= 4 is 44.0 Å². The molecule has 42 heavy (non-hydrogen) atoms. The van der Waals surface area contributed by atoms with Gasteiger partial charge >= 0.3 is 6.18 Å². The van der Waals surface area contributed by atoms with Crippen LogP contribution in [0.25, 0.3) is 21.1 Å². The van der Waals surface area contributed by atoms with Gasteiger partial charge in [0.15, 0.2) is 0 Å². The number of aryl methyl sites for hydroxylation is 3. The highest BCUT2D eigenvalue weighted by atomic mass is 32.1. The number of rotatable bonds is 8. The van der Waals surface area contributed by atoms with Gasteiger partial charge in [-0.05, 0) is 55.2 Å². The molecule has 5 aromatic rings. The molecule has 1 aromatic carbocycles. The SMILES string of the molecule is Cc1c(CN2CCC(Nc3ncnc4sc(CC(F)(F)F)cc34)CC2)ccc2c1cc(C#N)n2CCn1ccc(N)c1. The van der Waals surface area contributed by atoms with E-state index in [1.165, 1.54) is 17.5 Å². The lowest BCUT2D eigenvalue weighted by Crippen LogP contribution is -2.39. The van der Waals surface area contributed by atoms with Gasteiger partial charge < -0.3 is 20.2 Å². The number of nitrogens with two attached hydrogens (primary N) is 1. The number of thiophene rings is 1. The number of likely N-dealkylation sites (tertiary alicyclic amines) is 1. The highest BCUT2D eigenvalue weighted by Crippen LogP contribution is 2.33. The number of aromatic nitrogens is 4. The molecule has 218 valence electrons. The summed E-state index contributed by atoms with van der Waals surface area (Å²) in [5.74, 6) is 0.600. The van der Waals surface area contributed by atoms with Crippen molar-refractivity contribution in [1.82, 2.24) is 24.0 Å². The topological polar surface area (TPSA) is 101 Å². The average Bonchev–Trinajstić information content (AvgIpc) is 3.65. The number of anilines is 2. The minimum Gasteiger partial charge on any atom is -0.398 e. The predicted octanol–water partition coefficient (Wildman–Crippen LogP) is 6.09. The van der Waals surface area contributed by atoms with Gasteiger partial charge in [-0.2, -0.15) is 18.4 Å². The number of hydrogen-bond donors (Lipinski definition) is 2. The van der Waals surface area contributed by atoms with Crippen molar-refractivity contribution < 1.29 is 13.2 Å². The Morgan fingerprint density at radius 1 is 1.12 bits per heavy atom. The van der Waals surface area contributed by atoms with Gasteiger partial charge in [0, 0.05) is 72.6 Å². The summed E-state index contributed by atoms with van der Waals surface area (Å²) < 4.78 is 42.8. The zero-order valence-corrected chi connectivity index (χ0v) is 24.0. The van der Waals surface area contributed by atoms with Gasteiger partial charge in [0.1, 0.15) is 28.7 Å². The second-order valence-electron chi connectivity index (χ2n) is 10.9. The number of piperidine rings is 1. The molecule has 5 heterocycles. The first-order valence-electron chi connectivity index (χ1n) is 13.9. The maximum absolute atomic E-state index is 12.9. The second kappa shape index (κ2) is 11.3. The number of halogens is 3. The van der Waals surface area contributed by atoms with Crippen LogP contribution in [-0.4, -0.2) is 49.3 Å². The van der Waals surface area contributed by atoms with Crippen LogP contribution in [0.4, 0.5) is 24.7 Å². The maximum Gasteiger partial charge on any atom is 0.393 e. The molecule has 0 spiro atoms. The Bertz CT molecular complexity index is 1770. The lowest BCUT2D eigenvalue weighted by atomic mass is 10.0. The number of fused-ring (bicyclic) bond motifs is 2. The number of hydrogen-bond acceptors (Lipinski definition) is 7. The Morgan fingerprint density at radius 2 is 1.93 bits per heavy atom. The Morgan fingerprint density at radius 3 is 2.64 bits per heavy atom. The molecule has 6 rings (SSSR count). The van der Waals surface area contributed by atoms with E-state index in [1.54, 1.807) is 6.07 Å². The third-order valence-electron chi connectivity index (χ3n) is 8.01. The van der Waals surface area contributed by atoms with Crippen LogP contribution < -0.4 is 11.1 Å². The fraction of sp³-hybridized carbons (Fsp3) is 0.367. The largest absolute Gasteiger partial charge is 0.398 e. The van der Waals surface area contributed by atoms with E-state index in [-0.39, 0.29) is 10.9 Å². The molecule has 1 aliphatic rings. The van der Waals surface area contributed by atoms with Crippen molar-refractivity contribution in [1.29, 1.82) is 5.26 Å². The first-order chi connectivity index (χ1) is 20.2. The van der Waals surface area contributed by atoms with Crippen molar-refractivity contribution in [3.05, 3.63) is 70.8 Å². The number of benzene rings is 1. The average molecular weight is 593 g/mol. The van der Waals surface area contributed by atoms with E-state index in [2.05, 4.69) is 49.9 Å². The van der Waals surface area contributed by atoms with E-state index in [0.29, 0.717) is 28.3 Å². The second-order valence-corrected chi connectivity index (χ2v) is 12.0. The minimum atomic E-state index is -4.25. The third kappa shape index (κ3) is 5.93. The summed E-state index contributed by atoms with van der Waals surface area (Å²) in [6.07, 6.45) is 1.83. The van der Waals surface area contributed by atoms with Crippen molar-refractivity contribution in [2.45, 2.75) is 58.0 Å². The van der Waals surface area contributed by atoms with E-state index in [0.717, 1.165) is 66.9 Å². The molecule has 12 heteroatoms. The van der Waals surface area contributed by atoms with Gasteiger partial charge in [0.2, 0.25) is 0 Å². The van der Waals surface area contributed by atoms with E-state index in [9.17, 15) is 18.4 Å². The maximum atomic E-state index is 12.9. The molecule has 0 aliphatic carbocycles. The van der Waals surface area contributed by atoms with Crippen molar-refractivity contribution in [3.8, 4) is 6.07 Å². The molecule has 1 aliphatic heterocycles. The van der Waals surface area contributed by atoms with Crippen LogP contribution in [0.3, 0.4) is 0 Å². The molecule has 0 saturated carbocycles. The van der Waals surface area contributed by atoms with Gasteiger partial charge in [-0.15, -0.1) is 11.3 Å². The molecule has 0 unspecified atom stereocenters. The summed E-state index contributed by atoms with van der Waals surface area (Å²) in [7, 11) is 0.